The quantitative estimate of drug-likeness (QED) is 0.896. The SMILES string of the molecule is O=C(NCCc1nn2cnnc2s1)C1CCCC1. The van der Waals surface area contributed by atoms with Gasteiger partial charge in [-0.1, -0.05) is 24.2 Å². The lowest BCUT2D eigenvalue weighted by Crippen LogP contribution is -2.30. The molecule has 6 nitrogen and oxygen atoms in total. The van der Waals surface area contributed by atoms with Gasteiger partial charge in [0.1, 0.15) is 11.3 Å². The Morgan fingerprint density at radius 2 is 2.33 bits per heavy atom. The Labute approximate surface area is 108 Å². The van der Waals surface area contributed by atoms with E-state index in [0.717, 1.165) is 29.2 Å². The third-order valence-corrected chi connectivity index (χ3v) is 4.27. The largest absolute Gasteiger partial charge is 0.355 e. The Balaban J connectivity index is 1.49. The fourth-order valence-corrected chi connectivity index (χ4v) is 3.14. The summed E-state index contributed by atoms with van der Waals surface area (Å²) in [4.78, 5) is 12.6. The summed E-state index contributed by atoms with van der Waals surface area (Å²) in [5, 5.41) is 16.0. The van der Waals surface area contributed by atoms with Crippen LogP contribution in [0, 0.1) is 5.92 Å². The van der Waals surface area contributed by atoms with E-state index in [2.05, 4.69) is 20.6 Å². The highest BCUT2D eigenvalue weighted by Gasteiger charge is 2.22. The molecule has 1 aliphatic carbocycles. The molecule has 2 aromatic rings. The molecule has 1 fully saturated rings. The average molecular weight is 265 g/mol. The van der Waals surface area contributed by atoms with E-state index in [1.165, 1.54) is 24.2 Å². The number of amides is 1. The zero-order valence-corrected chi connectivity index (χ0v) is 10.8. The minimum atomic E-state index is 0.204. The van der Waals surface area contributed by atoms with Crippen LogP contribution in [0.5, 0.6) is 0 Å². The molecule has 96 valence electrons. The van der Waals surface area contributed by atoms with E-state index in [4.69, 9.17) is 0 Å². The summed E-state index contributed by atoms with van der Waals surface area (Å²) in [5.41, 5.74) is 0. The molecule has 0 bridgehead atoms. The van der Waals surface area contributed by atoms with Crippen molar-refractivity contribution in [3.05, 3.63) is 11.3 Å². The lowest BCUT2D eigenvalue weighted by molar-refractivity contribution is -0.124. The summed E-state index contributed by atoms with van der Waals surface area (Å²) >= 11 is 1.51. The normalized spacial score (nSPS) is 16.4. The van der Waals surface area contributed by atoms with Crippen molar-refractivity contribution in [2.45, 2.75) is 32.1 Å². The standard InChI is InChI=1S/C11H15N5OS/c17-10(8-3-1-2-4-8)12-6-5-9-15-16-7-13-14-11(16)18-9/h7-8H,1-6H2,(H,12,17). The van der Waals surface area contributed by atoms with E-state index in [-0.39, 0.29) is 11.8 Å². The summed E-state index contributed by atoms with van der Waals surface area (Å²) in [6.07, 6.45) is 6.81. The van der Waals surface area contributed by atoms with Crippen LogP contribution in [0.2, 0.25) is 0 Å². The third kappa shape index (κ3) is 2.35. The molecule has 0 aromatic carbocycles. The molecule has 0 aliphatic heterocycles. The van der Waals surface area contributed by atoms with Crippen LogP contribution >= 0.6 is 11.3 Å². The fraction of sp³-hybridized carbons (Fsp3) is 0.636. The first-order valence-corrected chi connectivity index (χ1v) is 7.08. The van der Waals surface area contributed by atoms with Crippen LogP contribution in [-0.2, 0) is 11.2 Å². The summed E-state index contributed by atoms with van der Waals surface area (Å²) in [7, 11) is 0. The molecule has 0 unspecified atom stereocenters. The highest BCUT2D eigenvalue weighted by Crippen LogP contribution is 2.24. The second-order valence-electron chi connectivity index (χ2n) is 4.58. The van der Waals surface area contributed by atoms with Gasteiger partial charge in [0, 0.05) is 18.9 Å². The summed E-state index contributed by atoms with van der Waals surface area (Å²) in [6, 6.07) is 0. The lowest BCUT2D eigenvalue weighted by Gasteiger charge is -2.08. The highest BCUT2D eigenvalue weighted by atomic mass is 32.1. The second-order valence-corrected chi connectivity index (χ2v) is 5.62. The minimum absolute atomic E-state index is 0.204. The van der Waals surface area contributed by atoms with E-state index in [9.17, 15) is 4.79 Å². The van der Waals surface area contributed by atoms with Gasteiger partial charge in [-0.05, 0) is 12.8 Å². The maximum absolute atomic E-state index is 11.8. The first-order chi connectivity index (χ1) is 8.83. The number of nitrogens with one attached hydrogen (secondary N) is 1. The van der Waals surface area contributed by atoms with Crippen LogP contribution in [0.25, 0.3) is 4.96 Å². The minimum Gasteiger partial charge on any atom is -0.355 e. The molecule has 1 amide bonds. The number of nitrogens with zero attached hydrogens (tertiary/aromatic N) is 4. The zero-order valence-electron chi connectivity index (χ0n) is 10.0. The molecular weight excluding hydrogens is 250 g/mol. The number of carbonyl (C=O) groups is 1. The van der Waals surface area contributed by atoms with Crippen molar-refractivity contribution in [3.8, 4) is 0 Å². The van der Waals surface area contributed by atoms with Gasteiger partial charge in [-0.15, -0.1) is 10.2 Å². The Hall–Kier alpha value is -1.50. The first-order valence-electron chi connectivity index (χ1n) is 6.26. The van der Waals surface area contributed by atoms with Crippen LogP contribution in [0.4, 0.5) is 0 Å². The Morgan fingerprint density at radius 3 is 3.11 bits per heavy atom. The van der Waals surface area contributed by atoms with E-state index in [0.29, 0.717) is 6.54 Å². The number of hydrogen-bond donors (Lipinski definition) is 1. The smallest absolute Gasteiger partial charge is 0.234 e. The molecule has 18 heavy (non-hydrogen) atoms. The zero-order chi connectivity index (χ0) is 12.4. The number of aromatic nitrogens is 4. The maximum Gasteiger partial charge on any atom is 0.234 e. The van der Waals surface area contributed by atoms with Crippen molar-refractivity contribution >= 4 is 22.2 Å². The summed E-state index contributed by atoms with van der Waals surface area (Å²) in [5.74, 6) is 0.443. The van der Waals surface area contributed by atoms with Gasteiger partial charge in [-0.3, -0.25) is 4.79 Å². The Kier molecular flexibility index (Phi) is 3.22. The van der Waals surface area contributed by atoms with E-state index < -0.39 is 0 Å². The van der Waals surface area contributed by atoms with Gasteiger partial charge in [0.05, 0.1) is 0 Å². The van der Waals surface area contributed by atoms with E-state index >= 15 is 0 Å². The Bertz CT molecular complexity index is 514. The number of hydrogen-bond acceptors (Lipinski definition) is 5. The predicted molar refractivity (Wildman–Crippen MR) is 67.3 cm³/mol. The van der Waals surface area contributed by atoms with Crippen LogP contribution < -0.4 is 5.32 Å². The van der Waals surface area contributed by atoms with Crippen molar-refractivity contribution in [3.63, 3.8) is 0 Å². The first kappa shape index (κ1) is 11.6. The van der Waals surface area contributed by atoms with Crippen molar-refractivity contribution in [2.75, 3.05) is 6.54 Å². The number of rotatable bonds is 4. The average Bonchev–Trinajstić information content (AvgIpc) is 3.05. The third-order valence-electron chi connectivity index (χ3n) is 3.29. The highest BCUT2D eigenvalue weighted by molar-refractivity contribution is 7.16. The summed E-state index contributed by atoms with van der Waals surface area (Å²) in [6.45, 7) is 0.652. The molecular formula is C11H15N5OS. The van der Waals surface area contributed by atoms with Crippen LogP contribution in [-0.4, -0.2) is 32.3 Å². The molecule has 0 saturated heterocycles. The predicted octanol–water partition coefficient (Wildman–Crippen LogP) is 1.03. The second kappa shape index (κ2) is 5.01. The monoisotopic (exact) mass is 265 g/mol. The summed E-state index contributed by atoms with van der Waals surface area (Å²) < 4.78 is 1.67. The van der Waals surface area contributed by atoms with Crippen molar-refractivity contribution in [1.29, 1.82) is 0 Å². The maximum atomic E-state index is 11.8. The van der Waals surface area contributed by atoms with Crippen molar-refractivity contribution in [2.24, 2.45) is 5.92 Å². The molecule has 7 heteroatoms. The van der Waals surface area contributed by atoms with Gasteiger partial charge in [0.2, 0.25) is 10.9 Å². The molecule has 1 aliphatic rings. The van der Waals surface area contributed by atoms with Gasteiger partial charge in [0.25, 0.3) is 0 Å². The number of carbonyl (C=O) groups excluding carboxylic acids is 1. The van der Waals surface area contributed by atoms with Crippen LogP contribution in [0.3, 0.4) is 0 Å². The molecule has 0 atom stereocenters. The Morgan fingerprint density at radius 1 is 1.50 bits per heavy atom. The van der Waals surface area contributed by atoms with Gasteiger partial charge in [-0.2, -0.15) is 9.61 Å². The number of fused-ring (bicyclic) bond motifs is 1. The van der Waals surface area contributed by atoms with E-state index in [1.54, 1.807) is 10.8 Å². The van der Waals surface area contributed by atoms with Gasteiger partial charge in [0.15, 0.2) is 0 Å². The van der Waals surface area contributed by atoms with E-state index in [1.807, 2.05) is 0 Å². The molecule has 0 radical (unpaired) electrons. The molecule has 0 spiro atoms. The van der Waals surface area contributed by atoms with Crippen molar-refractivity contribution < 1.29 is 4.79 Å². The van der Waals surface area contributed by atoms with Gasteiger partial charge in [-0.25, -0.2) is 0 Å². The van der Waals surface area contributed by atoms with Gasteiger partial charge < -0.3 is 5.32 Å². The topological polar surface area (TPSA) is 72.2 Å². The fourth-order valence-electron chi connectivity index (χ4n) is 2.33. The molecule has 2 aromatic heterocycles. The van der Waals surface area contributed by atoms with Crippen LogP contribution in [0.1, 0.15) is 30.7 Å². The lowest BCUT2D eigenvalue weighted by atomic mass is 10.1. The van der Waals surface area contributed by atoms with Gasteiger partial charge >= 0.3 is 0 Å². The molecule has 3 rings (SSSR count). The molecule has 1 saturated carbocycles. The van der Waals surface area contributed by atoms with Crippen molar-refractivity contribution in [1.82, 2.24) is 25.1 Å². The van der Waals surface area contributed by atoms with Crippen LogP contribution in [0.15, 0.2) is 6.33 Å². The molecule has 1 N–H and O–H groups in total. The molecule has 2 heterocycles.